The summed E-state index contributed by atoms with van der Waals surface area (Å²) in [6.07, 6.45) is 0.682. The Morgan fingerprint density at radius 3 is 2.63 bits per heavy atom. The van der Waals surface area contributed by atoms with Crippen LogP contribution in [0.1, 0.15) is 24.0 Å². The van der Waals surface area contributed by atoms with Crippen molar-refractivity contribution in [2.45, 2.75) is 32.2 Å². The smallest absolute Gasteiger partial charge is 0.264 e. The van der Waals surface area contributed by atoms with Crippen LogP contribution in [0.15, 0.2) is 28.4 Å². The van der Waals surface area contributed by atoms with Gasteiger partial charge in [-0.25, -0.2) is 4.90 Å². The van der Waals surface area contributed by atoms with Gasteiger partial charge in [-0.2, -0.15) is 10.2 Å². The topological polar surface area (TPSA) is 62.1 Å². The SMILES string of the molecule is Cc1ccc(N2C(=O)C[C@@]3(CCN=N3)C2=O)cc1C. The van der Waals surface area contributed by atoms with Gasteiger partial charge in [0.1, 0.15) is 0 Å². The fourth-order valence-electron chi connectivity index (χ4n) is 2.60. The zero-order valence-electron chi connectivity index (χ0n) is 11.0. The zero-order valence-corrected chi connectivity index (χ0v) is 11.0. The standard InChI is InChI=1S/C14H15N3O2/c1-9-3-4-11(7-10(9)2)17-12(18)8-14(13(17)19)5-6-15-16-14/h3-4,7H,5-6,8H2,1-2H3/t14-/m0/s1. The second-order valence-electron chi connectivity index (χ2n) is 5.23. The molecule has 0 saturated carbocycles. The lowest BCUT2D eigenvalue weighted by atomic mass is 9.96. The molecule has 2 aliphatic heterocycles. The lowest BCUT2D eigenvalue weighted by molar-refractivity contribution is -0.122. The highest BCUT2D eigenvalue weighted by molar-refractivity contribution is 6.24. The van der Waals surface area contributed by atoms with Crippen LogP contribution in [0, 0.1) is 13.8 Å². The minimum absolute atomic E-state index is 0.141. The number of hydrogen-bond acceptors (Lipinski definition) is 4. The second kappa shape index (κ2) is 3.98. The van der Waals surface area contributed by atoms with E-state index in [-0.39, 0.29) is 18.2 Å². The van der Waals surface area contributed by atoms with E-state index in [0.29, 0.717) is 18.7 Å². The lowest BCUT2D eigenvalue weighted by Crippen LogP contribution is -2.38. The summed E-state index contributed by atoms with van der Waals surface area (Å²) in [5.41, 5.74) is 1.91. The molecule has 98 valence electrons. The molecule has 0 aliphatic carbocycles. The molecule has 0 N–H and O–H groups in total. The van der Waals surface area contributed by atoms with Crippen molar-refractivity contribution in [1.82, 2.24) is 0 Å². The molecule has 1 spiro atoms. The van der Waals surface area contributed by atoms with E-state index in [0.717, 1.165) is 11.1 Å². The highest BCUT2D eigenvalue weighted by atomic mass is 16.2. The molecule has 1 saturated heterocycles. The fourth-order valence-corrected chi connectivity index (χ4v) is 2.60. The molecule has 0 radical (unpaired) electrons. The van der Waals surface area contributed by atoms with E-state index in [2.05, 4.69) is 10.2 Å². The fraction of sp³-hybridized carbons (Fsp3) is 0.429. The van der Waals surface area contributed by atoms with Gasteiger partial charge in [0.2, 0.25) is 5.91 Å². The van der Waals surface area contributed by atoms with E-state index >= 15 is 0 Å². The number of hydrogen-bond donors (Lipinski definition) is 0. The van der Waals surface area contributed by atoms with E-state index in [1.54, 1.807) is 0 Å². The number of azo groups is 1. The van der Waals surface area contributed by atoms with E-state index in [9.17, 15) is 9.59 Å². The molecule has 19 heavy (non-hydrogen) atoms. The molecule has 5 heteroatoms. The van der Waals surface area contributed by atoms with Crippen LogP contribution in [-0.4, -0.2) is 23.9 Å². The van der Waals surface area contributed by atoms with Gasteiger partial charge in [0.15, 0.2) is 5.54 Å². The van der Waals surface area contributed by atoms with Crippen molar-refractivity contribution in [3.05, 3.63) is 29.3 Å². The third-order valence-electron chi connectivity index (χ3n) is 3.93. The average Bonchev–Trinajstić information content (AvgIpc) is 2.91. The molecular formula is C14H15N3O2. The average molecular weight is 257 g/mol. The Balaban J connectivity index is 2.01. The molecule has 3 rings (SSSR count). The Hall–Kier alpha value is -2.04. The number of benzene rings is 1. The zero-order chi connectivity index (χ0) is 13.6. The summed E-state index contributed by atoms with van der Waals surface area (Å²) in [5.74, 6) is -0.420. The molecule has 1 atom stereocenters. The Kier molecular flexibility index (Phi) is 2.52. The molecule has 1 fully saturated rings. The molecule has 2 amide bonds. The first-order valence-corrected chi connectivity index (χ1v) is 6.37. The van der Waals surface area contributed by atoms with Crippen molar-refractivity contribution in [2.75, 3.05) is 11.4 Å². The maximum atomic E-state index is 12.5. The van der Waals surface area contributed by atoms with E-state index in [1.807, 2.05) is 32.0 Å². The van der Waals surface area contributed by atoms with Crippen LogP contribution in [0.2, 0.25) is 0 Å². The van der Waals surface area contributed by atoms with E-state index in [1.165, 1.54) is 4.90 Å². The Labute approximate surface area is 111 Å². The van der Waals surface area contributed by atoms with Crippen molar-refractivity contribution in [3.63, 3.8) is 0 Å². The molecule has 2 aliphatic rings. The minimum Gasteiger partial charge on any atom is -0.274 e. The Bertz CT molecular complexity index is 609. The van der Waals surface area contributed by atoms with Crippen LogP contribution in [0.5, 0.6) is 0 Å². The monoisotopic (exact) mass is 257 g/mol. The normalized spacial score (nSPS) is 25.9. The van der Waals surface area contributed by atoms with Gasteiger partial charge in [0.25, 0.3) is 5.91 Å². The summed E-state index contributed by atoms with van der Waals surface area (Å²) in [4.78, 5) is 25.9. The first kappa shape index (κ1) is 12.0. The van der Waals surface area contributed by atoms with Gasteiger partial charge in [-0.05, 0) is 37.1 Å². The van der Waals surface area contributed by atoms with Gasteiger partial charge in [0, 0.05) is 6.42 Å². The molecule has 5 nitrogen and oxygen atoms in total. The van der Waals surface area contributed by atoms with Crippen LogP contribution in [-0.2, 0) is 9.59 Å². The summed E-state index contributed by atoms with van der Waals surface area (Å²) in [5, 5.41) is 7.92. The van der Waals surface area contributed by atoms with Crippen molar-refractivity contribution >= 4 is 17.5 Å². The van der Waals surface area contributed by atoms with Gasteiger partial charge in [-0.15, -0.1) is 0 Å². The number of rotatable bonds is 1. The van der Waals surface area contributed by atoms with Gasteiger partial charge in [-0.1, -0.05) is 6.07 Å². The largest absolute Gasteiger partial charge is 0.274 e. The van der Waals surface area contributed by atoms with Crippen LogP contribution in [0.25, 0.3) is 0 Å². The van der Waals surface area contributed by atoms with Gasteiger partial charge >= 0.3 is 0 Å². The second-order valence-corrected chi connectivity index (χ2v) is 5.23. The predicted molar refractivity (Wildman–Crippen MR) is 70.1 cm³/mol. The van der Waals surface area contributed by atoms with Crippen molar-refractivity contribution in [3.8, 4) is 0 Å². The van der Waals surface area contributed by atoms with Crippen molar-refractivity contribution in [2.24, 2.45) is 10.2 Å². The molecular weight excluding hydrogens is 242 g/mol. The maximum Gasteiger partial charge on any atom is 0.264 e. The van der Waals surface area contributed by atoms with Crippen LogP contribution in [0.4, 0.5) is 5.69 Å². The van der Waals surface area contributed by atoms with Crippen LogP contribution >= 0.6 is 0 Å². The molecule has 0 bridgehead atoms. The number of amides is 2. The number of carbonyl (C=O) groups is 2. The molecule has 0 unspecified atom stereocenters. The van der Waals surface area contributed by atoms with Gasteiger partial charge in [0.05, 0.1) is 18.7 Å². The summed E-state index contributed by atoms with van der Waals surface area (Å²) < 4.78 is 0. The highest BCUT2D eigenvalue weighted by Gasteiger charge is 2.54. The Morgan fingerprint density at radius 1 is 1.21 bits per heavy atom. The van der Waals surface area contributed by atoms with Crippen LogP contribution in [0.3, 0.4) is 0 Å². The number of anilines is 1. The quantitative estimate of drug-likeness (QED) is 0.724. The summed E-state index contributed by atoms with van der Waals surface area (Å²) in [6.45, 7) is 4.49. The van der Waals surface area contributed by atoms with Gasteiger partial charge in [-0.3, -0.25) is 9.59 Å². The van der Waals surface area contributed by atoms with E-state index in [4.69, 9.17) is 0 Å². The van der Waals surface area contributed by atoms with Crippen molar-refractivity contribution in [1.29, 1.82) is 0 Å². The summed E-state index contributed by atoms with van der Waals surface area (Å²) in [7, 11) is 0. The number of nitrogens with zero attached hydrogens (tertiary/aromatic N) is 3. The van der Waals surface area contributed by atoms with Gasteiger partial charge < -0.3 is 0 Å². The van der Waals surface area contributed by atoms with Crippen LogP contribution < -0.4 is 4.90 Å². The number of carbonyl (C=O) groups excluding carboxylic acids is 2. The number of aryl methyl sites for hydroxylation is 2. The minimum atomic E-state index is -0.921. The van der Waals surface area contributed by atoms with Crippen molar-refractivity contribution < 1.29 is 9.59 Å². The number of imide groups is 1. The maximum absolute atomic E-state index is 12.5. The first-order chi connectivity index (χ1) is 9.03. The first-order valence-electron chi connectivity index (χ1n) is 6.37. The molecule has 2 heterocycles. The van der Waals surface area contributed by atoms with E-state index < -0.39 is 5.54 Å². The summed E-state index contributed by atoms with van der Waals surface area (Å²) in [6, 6.07) is 5.60. The summed E-state index contributed by atoms with van der Waals surface area (Å²) >= 11 is 0. The third-order valence-corrected chi connectivity index (χ3v) is 3.93. The molecule has 1 aromatic rings. The highest BCUT2D eigenvalue weighted by Crippen LogP contribution is 2.37. The predicted octanol–water partition coefficient (Wildman–Crippen LogP) is 2.16. The lowest BCUT2D eigenvalue weighted by Gasteiger charge is -2.18. The molecule has 0 aromatic heterocycles. The molecule has 1 aromatic carbocycles. The third kappa shape index (κ3) is 1.69. The Morgan fingerprint density at radius 2 is 2.00 bits per heavy atom.